The molecule has 2 aliphatic rings. The van der Waals surface area contributed by atoms with Gasteiger partial charge < -0.3 is 0 Å². The molecule has 0 N–H and O–H groups in total. The second-order valence-electron chi connectivity index (χ2n) is 7.38. The Bertz CT molecular complexity index is 394. The molecular weight excluding hydrogens is 304 g/mol. The first-order valence-corrected chi connectivity index (χ1v) is 8.95. The summed E-state index contributed by atoms with van der Waals surface area (Å²) in [6.07, 6.45) is 7.64. The molecule has 2 saturated carbocycles. The monoisotopic (exact) mass is 332 g/mol. The zero-order valence-corrected chi connectivity index (χ0v) is 13.8. The normalized spacial score (nSPS) is 33.5. The molecule has 0 atom stereocenters. The highest BCUT2D eigenvalue weighted by atomic mass is 19.4. The summed E-state index contributed by atoms with van der Waals surface area (Å²) < 4.78 is 50.2. The highest BCUT2D eigenvalue weighted by Gasteiger charge is 2.30. The van der Waals surface area contributed by atoms with Gasteiger partial charge in [0.1, 0.15) is 5.83 Å². The van der Waals surface area contributed by atoms with Crippen molar-refractivity contribution >= 4 is 0 Å². The van der Waals surface area contributed by atoms with E-state index < -0.39 is 17.9 Å². The second-order valence-corrected chi connectivity index (χ2v) is 7.38. The maximum Gasteiger partial charge on any atom is 0.412 e. The summed E-state index contributed by atoms with van der Waals surface area (Å²) in [6, 6.07) is 0. The van der Waals surface area contributed by atoms with Crippen molar-refractivity contribution in [2.45, 2.75) is 70.4 Å². The van der Waals surface area contributed by atoms with Gasteiger partial charge in [0.15, 0.2) is 0 Å². The van der Waals surface area contributed by atoms with Gasteiger partial charge in [0.2, 0.25) is 0 Å². The van der Waals surface area contributed by atoms with Crippen LogP contribution in [0.15, 0.2) is 24.6 Å². The molecule has 0 spiro atoms. The Morgan fingerprint density at radius 1 is 0.870 bits per heavy atom. The second kappa shape index (κ2) is 8.34. The van der Waals surface area contributed by atoms with E-state index in [0.29, 0.717) is 24.7 Å². The predicted octanol–water partition coefficient (Wildman–Crippen LogP) is 6.98. The van der Waals surface area contributed by atoms with E-state index in [1.54, 1.807) is 0 Å². The maximum absolute atomic E-state index is 13.6. The lowest BCUT2D eigenvalue weighted by molar-refractivity contribution is -0.0821. The lowest BCUT2D eigenvalue weighted by Crippen LogP contribution is -2.18. The predicted molar refractivity (Wildman–Crippen MR) is 85.6 cm³/mol. The average molecular weight is 332 g/mol. The van der Waals surface area contributed by atoms with Gasteiger partial charge in [-0.1, -0.05) is 18.9 Å². The number of alkyl halides is 3. The first-order valence-electron chi connectivity index (χ1n) is 8.95. The van der Waals surface area contributed by atoms with E-state index >= 15 is 0 Å². The summed E-state index contributed by atoms with van der Waals surface area (Å²) in [5, 5.41) is 0. The van der Waals surface area contributed by atoms with Crippen LogP contribution in [0, 0.1) is 23.7 Å². The Kier molecular flexibility index (Phi) is 6.72. The van der Waals surface area contributed by atoms with Crippen molar-refractivity contribution < 1.29 is 17.6 Å². The molecule has 0 unspecified atom stereocenters. The van der Waals surface area contributed by atoms with Crippen LogP contribution in [0.4, 0.5) is 17.6 Å². The van der Waals surface area contributed by atoms with Crippen LogP contribution in [0.1, 0.15) is 64.2 Å². The standard InChI is InChI=1S/C19H28F4/c1-2-14-3-5-15(6-4-14)7-8-16-9-11-17(12-10-16)18(20)13-19(21,22)23/h2,13-17H,1,3-12H2. The van der Waals surface area contributed by atoms with Crippen LogP contribution in [0.2, 0.25) is 0 Å². The summed E-state index contributed by atoms with van der Waals surface area (Å²) in [7, 11) is 0. The molecule has 0 aromatic carbocycles. The van der Waals surface area contributed by atoms with Gasteiger partial charge in [-0.15, -0.1) is 6.58 Å². The SMILES string of the molecule is C=CC1CCC(CCC2CCC(C(F)=CC(F)(F)F)CC2)CC1. The summed E-state index contributed by atoms with van der Waals surface area (Å²) in [6.45, 7) is 3.87. The molecule has 0 aromatic heterocycles. The lowest BCUT2D eigenvalue weighted by Gasteiger charge is -2.31. The van der Waals surface area contributed by atoms with Gasteiger partial charge in [-0.05, 0) is 69.1 Å². The molecule has 132 valence electrons. The van der Waals surface area contributed by atoms with E-state index in [0.717, 1.165) is 25.2 Å². The van der Waals surface area contributed by atoms with Crippen molar-refractivity contribution in [1.29, 1.82) is 0 Å². The first-order chi connectivity index (χ1) is 10.9. The van der Waals surface area contributed by atoms with Crippen LogP contribution in [0.5, 0.6) is 0 Å². The van der Waals surface area contributed by atoms with E-state index in [-0.39, 0.29) is 6.08 Å². The van der Waals surface area contributed by atoms with Crippen molar-refractivity contribution in [1.82, 2.24) is 0 Å². The number of hydrogen-bond acceptors (Lipinski definition) is 0. The quantitative estimate of drug-likeness (QED) is 0.376. The number of hydrogen-bond donors (Lipinski definition) is 0. The summed E-state index contributed by atoms with van der Waals surface area (Å²) in [5.74, 6) is 0.563. The van der Waals surface area contributed by atoms with E-state index in [2.05, 4.69) is 12.7 Å². The topological polar surface area (TPSA) is 0 Å². The van der Waals surface area contributed by atoms with Gasteiger partial charge in [-0.3, -0.25) is 0 Å². The van der Waals surface area contributed by atoms with Gasteiger partial charge >= 0.3 is 6.18 Å². The van der Waals surface area contributed by atoms with E-state index in [1.165, 1.54) is 32.1 Å². The number of allylic oxidation sites excluding steroid dienone is 3. The Balaban J connectivity index is 1.67. The highest BCUT2D eigenvalue weighted by Crippen LogP contribution is 2.39. The van der Waals surface area contributed by atoms with Crippen molar-refractivity contribution in [3.8, 4) is 0 Å². The molecule has 4 heteroatoms. The highest BCUT2D eigenvalue weighted by molar-refractivity contribution is 5.03. The summed E-state index contributed by atoms with van der Waals surface area (Å²) >= 11 is 0. The molecule has 2 fully saturated rings. The van der Waals surface area contributed by atoms with Gasteiger partial charge in [-0.2, -0.15) is 13.2 Å². The molecule has 0 bridgehead atoms. The first kappa shape index (κ1) is 18.5. The smallest absolute Gasteiger partial charge is 0.212 e. The molecule has 0 aromatic rings. The zero-order chi connectivity index (χ0) is 16.9. The molecule has 23 heavy (non-hydrogen) atoms. The third-order valence-corrected chi connectivity index (χ3v) is 5.75. The fraction of sp³-hybridized carbons (Fsp3) is 0.789. The molecular formula is C19H28F4. The van der Waals surface area contributed by atoms with Gasteiger partial charge in [0, 0.05) is 5.92 Å². The van der Waals surface area contributed by atoms with Crippen molar-refractivity contribution in [3.05, 3.63) is 24.6 Å². The number of halogens is 4. The van der Waals surface area contributed by atoms with E-state index in [1.807, 2.05) is 0 Å². The van der Waals surface area contributed by atoms with Crippen LogP contribution >= 0.6 is 0 Å². The molecule has 0 radical (unpaired) electrons. The average Bonchev–Trinajstić information content (AvgIpc) is 2.52. The van der Waals surface area contributed by atoms with Crippen LogP contribution in [-0.2, 0) is 0 Å². The minimum Gasteiger partial charge on any atom is -0.212 e. The Morgan fingerprint density at radius 2 is 1.35 bits per heavy atom. The van der Waals surface area contributed by atoms with Gasteiger partial charge in [0.25, 0.3) is 0 Å². The molecule has 0 saturated heterocycles. The Labute approximate surface area is 137 Å². The van der Waals surface area contributed by atoms with Crippen molar-refractivity contribution in [2.24, 2.45) is 23.7 Å². The van der Waals surface area contributed by atoms with Crippen molar-refractivity contribution in [2.75, 3.05) is 0 Å². The molecule has 0 aliphatic heterocycles. The maximum atomic E-state index is 13.6. The fourth-order valence-corrected chi connectivity index (χ4v) is 4.19. The number of rotatable bonds is 5. The summed E-state index contributed by atoms with van der Waals surface area (Å²) in [4.78, 5) is 0. The molecule has 2 aliphatic carbocycles. The fourth-order valence-electron chi connectivity index (χ4n) is 4.19. The third-order valence-electron chi connectivity index (χ3n) is 5.75. The largest absolute Gasteiger partial charge is 0.412 e. The van der Waals surface area contributed by atoms with Gasteiger partial charge in [-0.25, -0.2) is 4.39 Å². The van der Waals surface area contributed by atoms with Gasteiger partial charge in [0.05, 0.1) is 6.08 Å². The third kappa shape index (κ3) is 6.31. The molecule has 0 amide bonds. The molecule has 0 heterocycles. The van der Waals surface area contributed by atoms with Crippen LogP contribution < -0.4 is 0 Å². The Morgan fingerprint density at radius 3 is 1.78 bits per heavy atom. The van der Waals surface area contributed by atoms with Crippen LogP contribution in [0.3, 0.4) is 0 Å². The van der Waals surface area contributed by atoms with E-state index in [9.17, 15) is 17.6 Å². The molecule has 2 rings (SSSR count). The van der Waals surface area contributed by atoms with Crippen LogP contribution in [0.25, 0.3) is 0 Å². The lowest BCUT2D eigenvalue weighted by atomic mass is 9.75. The Hall–Kier alpha value is -0.800. The minimum absolute atomic E-state index is 0.157. The minimum atomic E-state index is -4.54. The molecule has 0 nitrogen and oxygen atoms in total. The van der Waals surface area contributed by atoms with Crippen molar-refractivity contribution in [3.63, 3.8) is 0 Å². The zero-order valence-electron chi connectivity index (χ0n) is 13.8. The van der Waals surface area contributed by atoms with E-state index in [4.69, 9.17) is 0 Å². The summed E-state index contributed by atoms with van der Waals surface area (Å²) in [5.41, 5.74) is 0. The van der Waals surface area contributed by atoms with Crippen LogP contribution in [-0.4, -0.2) is 6.18 Å².